The molecule has 0 aliphatic carbocycles. The fourth-order valence-corrected chi connectivity index (χ4v) is 8.94. The Morgan fingerprint density at radius 1 is 0.380 bits per heavy atom. The van der Waals surface area contributed by atoms with Crippen LogP contribution in [-0.4, -0.2) is 49.3 Å². The summed E-state index contributed by atoms with van der Waals surface area (Å²) in [6.07, 6.45) is 90.4. The number of esters is 2. The Kier molecular flexibility index (Phi) is 59.8. The maximum atomic E-state index is 12.7. The van der Waals surface area contributed by atoms with Crippen LogP contribution in [0.1, 0.15) is 245 Å². The lowest BCUT2D eigenvalue weighted by Crippen LogP contribution is -2.29. The van der Waals surface area contributed by atoms with Crippen molar-refractivity contribution in [3.05, 3.63) is 146 Å². The first kappa shape index (κ1) is 74.9. The largest absolute Gasteiger partial charge is 0.472 e. The first-order chi connectivity index (χ1) is 38.8. The molecule has 0 spiro atoms. The number of hydrogen-bond donors (Lipinski definition) is 2. The lowest BCUT2D eigenvalue weighted by molar-refractivity contribution is -0.161. The van der Waals surface area contributed by atoms with Crippen molar-refractivity contribution in [1.29, 1.82) is 0 Å². The highest BCUT2D eigenvalue weighted by atomic mass is 31.2. The number of allylic oxidation sites excluding steroid dienone is 24. The molecule has 0 saturated heterocycles. The van der Waals surface area contributed by atoms with E-state index >= 15 is 0 Å². The number of nitrogens with two attached hydrogens (primary N) is 1. The van der Waals surface area contributed by atoms with Crippen LogP contribution < -0.4 is 5.73 Å². The topological polar surface area (TPSA) is 134 Å². The third kappa shape index (κ3) is 62.9. The molecule has 2 unspecified atom stereocenters. The number of carbonyl (C=O) groups excluding carboxylic acids is 2. The molecule has 448 valence electrons. The van der Waals surface area contributed by atoms with Crippen LogP contribution in [0.25, 0.3) is 0 Å². The summed E-state index contributed by atoms with van der Waals surface area (Å²) in [7, 11) is -4.40. The van der Waals surface area contributed by atoms with E-state index in [-0.39, 0.29) is 32.6 Å². The van der Waals surface area contributed by atoms with Gasteiger partial charge in [0, 0.05) is 19.4 Å². The fraction of sp³-hybridized carbons (Fsp3) is 0.623. The number of unbranched alkanes of at least 4 members (excludes halogenated alkanes) is 20. The minimum atomic E-state index is -4.40. The SMILES string of the molecule is CC/C=C\C/C=C\C/C=C\C/C=C\C/C=C\C/C=C\C/C=C\CCCCCCCCCCCC(=O)OC(COC(=O)CCCCCCCCCCCCC/C=C\C/C=C\C/C=C\C/C=C\C/C=C\CC)COP(=O)(O)OCCN. The second-order valence-electron chi connectivity index (χ2n) is 20.2. The van der Waals surface area contributed by atoms with Crippen molar-refractivity contribution in [3.63, 3.8) is 0 Å². The standard InChI is InChI=1S/C69H114NO8P/c1-3-5-7-9-11-13-15-17-19-21-23-25-27-29-31-32-33-34-36-38-40-42-44-46-48-50-52-54-56-58-60-62-69(72)78-67(66-77-79(73,74)76-64-63-70)65-75-68(71)61-59-57-55-53-51-49-47-45-43-41-39-37-35-30-28-26-24-22-20-18-16-14-12-10-8-6-4-2/h5-8,11-14,17-20,23-26,29-31,33-35,38,40,67H,3-4,9-10,15-16,21-22,27-28,32,36-37,39,41-66,70H2,1-2H3,(H,73,74)/b7-5-,8-6-,13-11-,14-12-,19-17-,20-18-,25-23-,26-24-,31-29-,34-33-,35-30-,40-38-. The summed E-state index contributed by atoms with van der Waals surface area (Å²) in [5, 5.41) is 0. The molecule has 0 heterocycles. The normalized spacial score (nSPS) is 14.0. The molecule has 10 heteroatoms. The van der Waals surface area contributed by atoms with E-state index in [1.165, 1.54) is 77.0 Å². The lowest BCUT2D eigenvalue weighted by Gasteiger charge is -2.19. The first-order valence-electron chi connectivity index (χ1n) is 31.3. The summed E-state index contributed by atoms with van der Waals surface area (Å²) in [5.74, 6) is -0.845. The zero-order valence-electron chi connectivity index (χ0n) is 50.0. The van der Waals surface area contributed by atoms with Crippen molar-refractivity contribution in [2.45, 2.75) is 251 Å². The van der Waals surface area contributed by atoms with Gasteiger partial charge in [0.05, 0.1) is 13.2 Å². The highest BCUT2D eigenvalue weighted by molar-refractivity contribution is 7.47. The molecule has 0 rings (SSSR count). The van der Waals surface area contributed by atoms with Crippen molar-refractivity contribution in [2.24, 2.45) is 5.73 Å². The van der Waals surface area contributed by atoms with Crippen molar-refractivity contribution in [1.82, 2.24) is 0 Å². The van der Waals surface area contributed by atoms with Crippen LogP contribution in [0.15, 0.2) is 146 Å². The maximum Gasteiger partial charge on any atom is 0.472 e. The third-order valence-electron chi connectivity index (χ3n) is 12.7. The molecule has 79 heavy (non-hydrogen) atoms. The molecule has 2 atom stereocenters. The molecular weight excluding hydrogens is 1000 g/mol. The maximum absolute atomic E-state index is 12.7. The lowest BCUT2D eigenvalue weighted by atomic mass is 10.0. The zero-order valence-corrected chi connectivity index (χ0v) is 50.9. The molecular formula is C69H114NO8P. The molecule has 0 radical (unpaired) electrons. The van der Waals surface area contributed by atoms with Crippen molar-refractivity contribution in [2.75, 3.05) is 26.4 Å². The average Bonchev–Trinajstić information content (AvgIpc) is 3.44. The molecule has 0 aromatic heterocycles. The van der Waals surface area contributed by atoms with Crippen LogP contribution in [0.2, 0.25) is 0 Å². The molecule has 0 aromatic carbocycles. The van der Waals surface area contributed by atoms with Gasteiger partial charge in [0.1, 0.15) is 6.61 Å². The Bertz CT molecular complexity index is 1800. The van der Waals surface area contributed by atoms with Gasteiger partial charge >= 0.3 is 19.8 Å². The predicted molar refractivity (Wildman–Crippen MR) is 339 cm³/mol. The van der Waals surface area contributed by atoms with Crippen LogP contribution in [0.4, 0.5) is 0 Å². The van der Waals surface area contributed by atoms with E-state index in [9.17, 15) is 19.0 Å². The summed E-state index contributed by atoms with van der Waals surface area (Å²) in [6, 6.07) is 0. The average molecular weight is 1120 g/mol. The van der Waals surface area contributed by atoms with E-state index in [1.54, 1.807) is 0 Å². The third-order valence-corrected chi connectivity index (χ3v) is 13.7. The molecule has 3 N–H and O–H groups in total. The van der Waals surface area contributed by atoms with Crippen LogP contribution in [-0.2, 0) is 32.7 Å². The van der Waals surface area contributed by atoms with Crippen molar-refractivity contribution in [3.8, 4) is 0 Å². The van der Waals surface area contributed by atoms with Gasteiger partial charge < -0.3 is 20.1 Å². The van der Waals surface area contributed by atoms with Gasteiger partial charge in [0.2, 0.25) is 0 Å². The Hall–Kier alpha value is -4.11. The Morgan fingerprint density at radius 2 is 0.658 bits per heavy atom. The summed E-state index contributed by atoms with van der Waals surface area (Å²) < 4.78 is 33.1. The smallest absolute Gasteiger partial charge is 0.462 e. The minimum absolute atomic E-state index is 0.0446. The van der Waals surface area contributed by atoms with Crippen molar-refractivity contribution >= 4 is 19.8 Å². The Labute approximate surface area is 484 Å². The van der Waals surface area contributed by atoms with Gasteiger partial charge in [0.15, 0.2) is 6.10 Å². The number of ether oxygens (including phenoxy) is 2. The van der Waals surface area contributed by atoms with Crippen LogP contribution in [0.3, 0.4) is 0 Å². The molecule has 0 bridgehead atoms. The number of rotatable bonds is 57. The summed E-state index contributed by atoms with van der Waals surface area (Å²) in [6.45, 7) is 3.50. The monoisotopic (exact) mass is 1120 g/mol. The van der Waals surface area contributed by atoms with Gasteiger partial charge in [-0.25, -0.2) is 4.57 Å². The van der Waals surface area contributed by atoms with Gasteiger partial charge in [0.25, 0.3) is 0 Å². The molecule has 0 aliphatic rings. The van der Waals surface area contributed by atoms with E-state index in [4.69, 9.17) is 24.3 Å². The van der Waals surface area contributed by atoms with Gasteiger partial charge in [-0.3, -0.25) is 18.6 Å². The van der Waals surface area contributed by atoms with Crippen LogP contribution in [0.5, 0.6) is 0 Å². The number of hydrogen-bond acceptors (Lipinski definition) is 8. The molecule has 0 aliphatic heterocycles. The fourth-order valence-electron chi connectivity index (χ4n) is 8.17. The highest BCUT2D eigenvalue weighted by Crippen LogP contribution is 2.43. The second-order valence-corrected chi connectivity index (χ2v) is 21.6. The van der Waals surface area contributed by atoms with E-state index in [1.807, 2.05) is 0 Å². The van der Waals surface area contributed by atoms with E-state index < -0.39 is 32.5 Å². The van der Waals surface area contributed by atoms with E-state index in [0.717, 1.165) is 135 Å². The van der Waals surface area contributed by atoms with Gasteiger partial charge in [-0.2, -0.15) is 0 Å². The van der Waals surface area contributed by atoms with Gasteiger partial charge in [-0.15, -0.1) is 0 Å². The number of phosphoric ester groups is 1. The number of phosphoric acid groups is 1. The van der Waals surface area contributed by atoms with Crippen molar-refractivity contribution < 1.29 is 37.6 Å². The quantitative estimate of drug-likeness (QED) is 0.0264. The molecule has 9 nitrogen and oxygen atoms in total. The number of carbonyl (C=O) groups is 2. The van der Waals surface area contributed by atoms with E-state index in [2.05, 4.69) is 160 Å². The van der Waals surface area contributed by atoms with E-state index in [0.29, 0.717) is 6.42 Å². The van der Waals surface area contributed by atoms with Crippen LogP contribution in [0, 0.1) is 0 Å². The summed E-state index contributed by atoms with van der Waals surface area (Å²) >= 11 is 0. The van der Waals surface area contributed by atoms with Crippen LogP contribution >= 0.6 is 7.82 Å². The van der Waals surface area contributed by atoms with Gasteiger partial charge in [-0.1, -0.05) is 262 Å². The summed E-state index contributed by atoms with van der Waals surface area (Å²) in [4.78, 5) is 35.3. The Balaban J connectivity index is 4.01. The molecule has 0 fully saturated rings. The predicted octanol–water partition coefficient (Wildman–Crippen LogP) is 20.3. The molecule has 0 aromatic rings. The minimum Gasteiger partial charge on any atom is -0.462 e. The Morgan fingerprint density at radius 3 is 0.975 bits per heavy atom. The zero-order chi connectivity index (χ0) is 57.3. The van der Waals surface area contributed by atoms with Gasteiger partial charge in [-0.05, 0) is 116 Å². The second kappa shape index (κ2) is 63.1. The molecule has 0 saturated carbocycles. The highest BCUT2D eigenvalue weighted by Gasteiger charge is 2.26. The molecule has 0 amide bonds. The summed E-state index contributed by atoms with van der Waals surface area (Å²) in [5.41, 5.74) is 5.39. The first-order valence-corrected chi connectivity index (χ1v) is 32.8.